The van der Waals surface area contributed by atoms with E-state index in [2.05, 4.69) is 9.97 Å². The number of nitrogens with two attached hydrogens (primary N) is 1. The fourth-order valence-corrected chi connectivity index (χ4v) is 1.60. The summed E-state index contributed by atoms with van der Waals surface area (Å²) in [6.45, 7) is 0. The van der Waals surface area contributed by atoms with Gasteiger partial charge >= 0.3 is 0 Å². The quantitative estimate of drug-likeness (QED) is 0.896. The Hall–Kier alpha value is -2.81. The van der Waals surface area contributed by atoms with Gasteiger partial charge in [-0.15, -0.1) is 0 Å². The first-order valence-corrected chi connectivity index (χ1v) is 5.44. The minimum atomic E-state index is 0.136. The number of rotatable bonds is 3. The summed E-state index contributed by atoms with van der Waals surface area (Å²) in [7, 11) is 3.12. The van der Waals surface area contributed by atoms with E-state index in [0.717, 1.165) is 0 Å². The van der Waals surface area contributed by atoms with Crippen LogP contribution in [0.1, 0.15) is 5.56 Å². The maximum Gasteiger partial charge on any atom is 0.165 e. The Morgan fingerprint density at radius 1 is 1.26 bits per heavy atom. The van der Waals surface area contributed by atoms with Crippen molar-refractivity contribution >= 4 is 5.82 Å². The van der Waals surface area contributed by atoms with Crippen molar-refractivity contribution in [3.05, 3.63) is 30.0 Å². The van der Waals surface area contributed by atoms with Crippen molar-refractivity contribution in [2.45, 2.75) is 0 Å². The molecule has 0 unspecified atom stereocenters. The van der Waals surface area contributed by atoms with Gasteiger partial charge in [-0.2, -0.15) is 5.26 Å². The van der Waals surface area contributed by atoms with Gasteiger partial charge in [0.25, 0.3) is 0 Å². The molecule has 0 aliphatic rings. The molecule has 2 aromatic rings. The topological polar surface area (TPSA) is 94.0 Å². The molecular formula is C13H12N4O2. The Balaban J connectivity index is 2.57. The maximum absolute atomic E-state index is 8.81. The van der Waals surface area contributed by atoms with Crippen molar-refractivity contribution in [2.24, 2.45) is 0 Å². The van der Waals surface area contributed by atoms with Crippen LogP contribution in [-0.4, -0.2) is 24.2 Å². The third-order valence-corrected chi connectivity index (χ3v) is 2.59. The van der Waals surface area contributed by atoms with Crippen LogP contribution in [0.3, 0.4) is 0 Å². The molecule has 0 amide bonds. The SMILES string of the molecule is COc1ccc(OC)c(-c2ncc(C#N)c(N)n2)c1. The average Bonchev–Trinajstić information content (AvgIpc) is 2.46. The number of benzene rings is 1. The number of methoxy groups -OCH3 is 2. The van der Waals surface area contributed by atoms with Gasteiger partial charge in [-0.05, 0) is 18.2 Å². The fraction of sp³-hybridized carbons (Fsp3) is 0.154. The van der Waals surface area contributed by atoms with Gasteiger partial charge in [0.05, 0.1) is 26.0 Å². The van der Waals surface area contributed by atoms with Crippen molar-refractivity contribution in [1.29, 1.82) is 5.26 Å². The molecule has 0 saturated carbocycles. The fourth-order valence-electron chi connectivity index (χ4n) is 1.60. The lowest BCUT2D eigenvalue weighted by molar-refractivity contribution is 0.404. The Labute approximate surface area is 110 Å². The lowest BCUT2D eigenvalue weighted by Crippen LogP contribution is -2.00. The number of aromatic nitrogens is 2. The Bertz CT molecular complexity index is 650. The van der Waals surface area contributed by atoms with Gasteiger partial charge in [0.1, 0.15) is 28.9 Å². The largest absolute Gasteiger partial charge is 0.497 e. The van der Waals surface area contributed by atoms with Gasteiger partial charge < -0.3 is 15.2 Å². The van der Waals surface area contributed by atoms with Crippen LogP contribution in [0.4, 0.5) is 5.82 Å². The van der Waals surface area contributed by atoms with Gasteiger partial charge in [0.2, 0.25) is 0 Å². The molecule has 2 rings (SSSR count). The molecule has 0 spiro atoms. The number of hydrogen-bond acceptors (Lipinski definition) is 6. The van der Waals surface area contributed by atoms with Crippen molar-refractivity contribution in [3.63, 3.8) is 0 Å². The van der Waals surface area contributed by atoms with E-state index in [1.165, 1.54) is 6.20 Å². The molecule has 1 aromatic heterocycles. The maximum atomic E-state index is 8.81. The first-order valence-electron chi connectivity index (χ1n) is 5.44. The molecule has 1 heterocycles. The number of ether oxygens (including phenoxy) is 2. The van der Waals surface area contributed by atoms with Crippen molar-refractivity contribution in [2.75, 3.05) is 20.0 Å². The van der Waals surface area contributed by atoms with Gasteiger partial charge in [0, 0.05) is 0 Å². The number of nitriles is 1. The lowest BCUT2D eigenvalue weighted by Gasteiger charge is -2.09. The molecule has 0 atom stereocenters. The standard InChI is InChI=1S/C13H12N4O2/c1-18-9-3-4-11(19-2)10(5-9)13-16-7-8(6-14)12(15)17-13/h3-5,7H,1-2H3,(H2,15,16,17). The molecule has 0 radical (unpaired) electrons. The van der Waals surface area contributed by atoms with Crippen LogP contribution in [0, 0.1) is 11.3 Å². The highest BCUT2D eigenvalue weighted by molar-refractivity contribution is 5.68. The molecule has 0 fully saturated rings. The first kappa shape index (κ1) is 12.6. The zero-order valence-corrected chi connectivity index (χ0v) is 10.5. The molecular weight excluding hydrogens is 244 g/mol. The van der Waals surface area contributed by atoms with Gasteiger partial charge in [0.15, 0.2) is 5.82 Å². The van der Waals surface area contributed by atoms with Gasteiger partial charge in [-0.1, -0.05) is 0 Å². The number of nitrogens with zero attached hydrogens (tertiary/aromatic N) is 3. The summed E-state index contributed by atoms with van der Waals surface area (Å²) >= 11 is 0. The second-order valence-corrected chi connectivity index (χ2v) is 3.67. The smallest absolute Gasteiger partial charge is 0.165 e. The third kappa shape index (κ3) is 2.40. The third-order valence-electron chi connectivity index (χ3n) is 2.59. The van der Waals surface area contributed by atoms with Crippen LogP contribution in [0.15, 0.2) is 24.4 Å². The van der Waals surface area contributed by atoms with Crippen molar-refractivity contribution < 1.29 is 9.47 Å². The predicted molar refractivity (Wildman–Crippen MR) is 69.7 cm³/mol. The van der Waals surface area contributed by atoms with Crippen LogP contribution in [0.25, 0.3) is 11.4 Å². The minimum Gasteiger partial charge on any atom is -0.497 e. The molecule has 6 nitrogen and oxygen atoms in total. The molecule has 6 heteroatoms. The highest BCUT2D eigenvalue weighted by Crippen LogP contribution is 2.31. The van der Waals surface area contributed by atoms with Crippen molar-refractivity contribution in [3.8, 4) is 29.0 Å². The number of hydrogen-bond donors (Lipinski definition) is 1. The normalized spacial score (nSPS) is 9.74. The molecule has 1 aromatic carbocycles. The highest BCUT2D eigenvalue weighted by atomic mass is 16.5. The van der Waals surface area contributed by atoms with Crippen LogP contribution >= 0.6 is 0 Å². The Kier molecular flexibility index (Phi) is 3.48. The minimum absolute atomic E-state index is 0.136. The van der Waals surface area contributed by atoms with E-state index >= 15 is 0 Å². The average molecular weight is 256 g/mol. The van der Waals surface area contributed by atoms with Crippen LogP contribution in [0.2, 0.25) is 0 Å². The summed E-state index contributed by atoms with van der Waals surface area (Å²) in [6.07, 6.45) is 1.39. The van der Waals surface area contributed by atoms with E-state index in [1.54, 1.807) is 32.4 Å². The summed E-state index contributed by atoms with van der Waals surface area (Å²) < 4.78 is 10.4. The molecule has 0 bridgehead atoms. The first-order chi connectivity index (χ1) is 9.19. The summed E-state index contributed by atoms with van der Waals surface area (Å²) in [5.74, 6) is 1.77. The van der Waals surface area contributed by atoms with Crippen LogP contribution < -0.4 is 15.2 Å². The van der Waals surface area contributed by atoms with Crippen LogP contribution in [-0.2, 0) is 0 Å². The second-order valence-electron chi connectivity index (χ2n) is 3.67. The lowest BCUT2D eigenvalue weighted by atomic mass is 10.1. The zero-order valence-electron chi connectivity index (χ0n) is 10.5. The zero-order chi connectivity index (χ0) is 13.8. The van der Waals surface area contributed by atoms with Gasteiger partial charge in [-0.25, -0.2) is 9.97 Å². The molecule has 96 valence electrons. The Morgan fingerprint density at radius 2 is 2.05 bits per heavy atom. The molecule has 19 heavy (non-hydrogen) atoms. The molecule has 0 saturated heterocycles. The van der Waals surface area contributed by atoms with E-state index in [1.807, 2.05) is 6.07 Å². The summed E-state index contributed by atoms with van der Waals surface area (Å²) in [4.78, 5) is 8.22. The highest BCUT2D eigenvalue weighted by Gasteiger charge is 2.12. The monoisotopic (exact) mass is 256 g/mol. The molecule has 2 N–H and O–H groups in total. The van der Waals surface area contributed by atoms with E-state index in [9.17, 15) is 0 Å². The summed E-state index contributed by atoms with van der Waals surface area (Å²) in [5.41, 5.74) is 6.58. The van der Waals surface area contributed by atoms with E-state index < -0.39 is 0 Å². The Morgan fingerprint density at radius 3 is 2.63 bits per heavy atom. The summed E-state index contributed by atoms with van der Waals surface area (Å²) in [6, 6.07) is 7.20. The number of nitrogen functional groups attached to an aromatic ring is 1. The van der Waals surface area contributed by atoms with E-state index in [0.29, 0.717) is 22.9 Å². The van der Waals surface area contributed by atoms with Gasteiger partial charge in [-0.3, -0.25) is 0 Å². The molecule has 0 aliphatic carbocycles. The van der Waals surface area contributed by atoms with E-state index in [-0.39, 0.29) is 11.4 Å². The predicted octanol–water partition coefficient (Wildman–Crippen LogP) is 1.61. The van der Waals surface area contributed by atoms with E-state index in [4.69, 9.17) is 20.5 Å². The molecule has 0 aliphatic heterocycles. The van der Waals surface area contributed by atoms with Crippen LogP contribution in [0.5, 0.6) is 11.5 Å². The number of anilines is 1. The second kappa shape index (κ2) is 5.23. The summed E-state index contributed by atoms with van der Waals surface area (Å²) in [5, 5.41) is 8.81. The van der Waals surface area contributed by atoms with Crippen molar-refractivity contribution in [1.82, 2.24) is 9.97 Å².